The lowest BCUT2D eigenvalue weighted by Gasteiger charge is -2.21. The van der Waals surface area contributed by atoms with E-state index < -0.39 is 10.9 Å². The van der Waals surface area contributed by atoms with Gasteiger partial charge in [0, 0.05) is 42.1 Å². The van der Waals surface area contributed by atoms with E-state index in [1.165, 1.54) is 43.5 Å². The SMILES string of the molecule is O=C(COC(=O)/C=C/c1cn(-c2ccccc2)nc1-c1cccc([N+](=O)[O-])c1)NCC1CCCCC1. The summed E-state index contributed by atoms with van der Waals surface area (Å²) >= 11 is 0. The first-order valence-electron chi connectivity index (χ1n) is 12.0. The number of carbonyl (C=O) groups excluding carboxylic acids is 2. The number of nitrogens with zero attached hydrogens (tertiary/aromatic N) is 3. The van der Waals surface area contributed by atoms with Crippen LogP contribution in [0.1, 0.15) is 37.7 Å². The molecular formula is C27H28N4O5. The van der Waals surface area contributed by atoms with Crippen molar-refractivity contribution in [2.24, 2.45) is 5.92 Å². The molecule has 3 aromatic rings. The van der Waals surface area contributed by atoms with Gasteiger partial charge in [-0.25, -0.2) is 9.48 Å². The van der Waals surface area contributed by atoms with Crippen molar-refractivity contribution in [3.8, 4) is 16.9 Å². The third-order valence-electron chi connectivity index (χ3n) is 6.15. The van der Waals surface area contributed by atoms with Crippen LogP contribution in [-0.4, -0.2) is 39.7 Å². The topological polar surface area (TPSA) is 116 Å². The standard InChI is InChI=1S/C27H28N4O5/c32-25(28-17-20-8-3-1-4-9-20)19-36-26(33)15-14-22-18-30(23-11-5-2-6-12-23)29-27(22)21-10-7-13-24(16-21)31(34)35/h2,5-7,10-16,18,20H,1,3-4,8-9,17,19H2,(H,28,32)/b15-14+. The highest BCUT2D eigenvalue weighted by molar-refractivity contribution is 5.90. The second-order valence-corrected chi connectivity index (χ2v) is 8.77. The van der Waals surface area contributed by atoms with Crippen LogP contribution in [0, 0.1) is 16.0 Å². The number of nitro benzene ring substituents is 1. The molecular weight excluding hydrogens is 460 g/mol. The van der Waals surface area contributed by atoms with Crippen LogP contribution in [0.3, 0.4) is 0 Å². The van der Waals surface area contributed by atoms with Crippen LogP contribution in [0.2, 0.25) is 0 Å². The molecule has 36 heavy (non-hydrogen) atoms. The molecule has 1 aromatic heterocycles. The fraction of sp³-hybridized carbons (Fsp3) is 0.296. The van der Waals surface area contributed by atoms with Crippen molar-refractivity contribution in [3.05, 3.63) is 82.5 Å². The smallest absolute Gasteiger partial charge is 0.331 e. The Morgan fingerprint density at radius 2 is 1.89 bits per heavy atom. The minimum Gasteiger partial charge on any atom is -0.452 e. The lowest BCUT2D eigenvalue weighted by Crippen LogP contribution is -2.33. The number of aromatic nitrogens is 2. The van der Waals surface area contributed by atoms with E-state index in [2.05, 4.69) is 10.4 Å². The summed E-state index contributed by atoms with van der Waals surface area (Å²) in [6, 6.07) is 15.5. The maximum atomic E-state index is 12.3. The summed E-state index contributed by atoms with van der Waals surface area (Å²) in [5.74, 6) is -0.497. The fourth-order valence-electron chi connectivity index (χ4n) is 4.26. The molecule has 1 aliphatic carbocycles. The molecule has 0 unspecified atom stereocenters. The molecule has 1 saturated carbocycles. The van der Waals surface area contributed by atoms with Gasteiger partial charge in [-0.1, -0.05) is 49.6 Å². The summed E-state index contributed by atoms with van der Waals surface area (Å²) in [7, 11) is 0. The van der Waals surface area contributed by atoms with Crippen LogP contribution in [0.5, 0.6) is 0 Å². The summed E-state index contributed by atoms with van der Waals surface area (Å²) in [5, 5.41) is 18.7. The van der Waals surface area contributed by atoms with Crippen LogP contribution in [0.4, 0.5) is 5.69 Å². The zero-order valence-corrected chi connectivity index (χ0v) is 19.8. The maximum absolute atomic E-state index is 12.3. The summed E-state index contributed by atoms with van der Waals surface area (Å²) in [6.07, 6.45) is 10.4. The molecule has 1 amide bonds. The highest BCUT2D eigenvalue weighted by Gasteiger charge is 2.16. The maximum Gasteiger partial charge on any atom is 0.331 e. The van der Waals surface area contributed by atoms with Crippen molar-refractivity contribution in [2.45, 2.75) is 32.1 Å². The van der Waals surface area contributed by atoms with E-state index in [0.717, 1.165) is 18.5 Å². The molecule has 4 rings (SSSR count). The van der Waals surface area contributed by atoms with Crippen molar-refractivity contribution >= 4 is 23.6 Å². The Morgan fingerprint density at radius 3 is 2.64 bits per heavy atom. The molecule has 1 aliphatic rings. The van der Waals surface area contributed by atoms with Crippen LogP contribution in [0.25, 0.3) is 23.0 Å². The van der Waals surface area contributed by atoms with Crippen molar-refractivity contribution in [1.82, 2.24) is 15.1 Å². The average Bonchev–Trinajstić information content (AvgIpc) is 3.35. The van der Waals surface area contributed by atoms with Crippen molar-refractivity contribution in [1.29, 1.82) is 0 Å². The summed E-state index contributed by atoms with van der Waals surface area (Å²) in [4.78, 5) is 35.1. The highest BCUT2D eigenvalue weighted by atomic mass is 16.6. The Bertz CT molecular complexity index is 1250. The van der Waals surface area contributed by atoms with Gasteiger partial charge in [0.15, 0.2) is 6.61 Å². The number of hydrogen-bond donors (Lipinski definition) is 1. The molecule has 0 spiro atoms. The van der Waals surface area contributed by atoms with Gasteiger partial charge < -0.3 is 10.1 Å². The number of nitrogens with one attached hydrogen (secondary N) is 1. The molecule has 1 fully saturated rings. The predicted octanol–water partition coefficient (Wildman–Crippen LogP) is 4.70. The van der Waals surface area contributed by atoms with Gasteiger partial charge in [0.1, 0.15) is 5.69 Å². The number of non-ortho nitro benzene ring substituents is 1. The molecule has 0 aliphatic heterocycles. The minimum atomic E-state index is -0.666. The molecule has 0 bridgehead atoms. The number of rotatable bonds is 9. The Kier molecular flexibility index (Phi) is 8.23. The minimum absolute atomic E-state index is 0.0599. The first kappa shape index (κ1) is 24.8. The molecule has 2 aromatic carbocycles. The summed E-state index contributed by atoms with van der Waals surface area (Å²) in [6.45, 7) is 0.258. The quantitative estimate of drug-likeness (QED) is 0.202. The van der Waals surface area contributed by atoms with Gasteiger partial charge in [0.2, 0.25) is 0 Å². The lowest BCUT2D eigenvalue weighted by molar-refractivity contribution is -0.384. The first-order chi connectivity index (χ1) is 17.5. The number of esters is 1. The number of nitro groups is 1. The Morgan fingerprint density at radius 1 is 1.11 bits per heavy atom. The fourth-order valence-corrected chi connectivity index (χ4v) is 4.26. The molecule has 1 N–H and O–H groups in total. The number of para-hydroxylation sites is 1. The van der Waals surface area contributed by atoms with Crippen LogP contribution in [0.15, 0.2) is 66.9 Å². The third kappa shape index (κ3) is 6.65. The summed E-state index contributed by atoms with van der Waals surface area (Å²) in [5.41, 5.74) is 2.31. The molecule has 0 radical (unpaired) electrons. The molecule has 0 saturated heterocycles. The van der Waals surface area contributed by atoms with Crippen LogP contribution < -0.4 is 5.32 Å². The molecule has 0 atom stereocenters. The van der Waals surface area contributed by atoms with E-state index in [4.69, 9.17) is 4.74 Å². The Balaban J connectivity index is 1.45. The largest absolute Gasteiger partial charge is 0.452 e. The first-order valence-corrected chi connectivity index (χ1v) is 12.0. The number of carbonyl (C=O) groups is 2. The molecule has 186 valence electrons. The van der Waals surface area contributed by atoms with E-state index in [0.29, 0.717) is 29.3 Å². The van der Waals surface area contributed by atoms with Gasteiger partial charge in [-0.05, 0) is 37.0 Å². The zero-order valence-electron chi connectivity index (χ0n) is 19.8. The number of hydrogen-bond acceptors (Lipinski definition) is 6. The van der Waals surface area contributed by atoms with Gasteiger partial charge in [-0.2, -0.15) is 5.10 Å². The van der Waals surface area contributed by atoms with Crippen LogP contribution >= 0.6 is 0 Å². The number of amides is 1. The second-order valence-electron chi connectivity index (χ2n) is 8.77. The number of benzene rings is 2. The van der Waals surface area contributed by atoms with E-state index >= 15 is 0 Å². The van der Waals surface area contributed by atoms with E-state index in [1.54, 1.807) is 23.0 Å². The van der Waals surface area contributed by atoms with Crippen molar-refractivity contribution in [2.75, 3.05) is 13.2 Å². The zero-order chi connectivity index (χ0) is 25.3. The highest BCUT2D eigenvalue weighted by Crippen LogP contribution is 2.28. The van der Waals surface area contributed by atoms with Crippen LogP contribution in [-0.2, 0) is 14.3 Å². The normalized spacial score (nSPS) is 14.0. The van der Waals surface area contributed by atoms with Gasteiger partial charge in [-0.3, -0.25) is 14.9 Å². The second kappa shape index (κ2) is 11.9. The van der Waals surface area contributed by atoms with Crippen molar-refractivity contribution in [3.63, 3.8) is 0 Å². The molecule has 9 heteroatoms. The van der Waals surface area contributed by atoms with Crippen molar-refractivity contribution < 1.29 is 19.2 Å². The van der Waals surface area contributed by atoms with Gasteiger partial charge in [-0.15, -0.1) is 0 Å². The van der Waals surface area contributed by atoms with Gasteiger partial charge in [0.05, 0.1) is 10.6 Å². The molecule has 1 heterocycles. The van der Waals surface area contributed by atoms with Gasteiger partial charge >= 0.3 is 5.97 Å². The Labute approximate surface area is 208 Å². The monoisotopic (exact) mass is 488 g/mol. The van der Waals surface area contributed by atoms with E-state index in [1.807, 2.05) is 30.3 Å². The van der Waals surface area contributed by atoms with Gasteiger partial charge in [0.25, 0.3) is 11.6 Å². The van der Waals surface area contributed by atoms with E-state index in [9.17, 15) is 19.7 Å². The summed E-state index contributed by atoms with van der Waals surface area (Å²) < 4.78 is 6.74. The predicted molar refractivity (Wildman–Crippen MR) is 135 cm³/mol. The average molecular weight is 489 g/mol. The lowest BCUT2D eigenvalue weighted by atomic mass is 9.89. The Hall–Kier alpha value is -4.27. The van der Waals surface area contributed by atoms with E-state index in [-0.39, 0.29) is 18.2 Å². The molecule has 9 nitrogen and oxygen atoms in total. The number of ether oxygens (including phenoxy) is 1. The third-order valence-corrected chi connectivity index (χ3v) is 6.15.